The number of benzene rings is 2. The lowest BCUT2D eigenvalue weighted by atomic mass is 9.99. The molecule has 1 heterocycles. The van der Waals surface area contributed by atoms with Gasteiger partial charge in [-0.3, -0.25) is 9.59 Å². The van der Waals surface area contributed by atoms with Crippen LogP contribution in [0.5, 0.6) is 11.5 Å². The Morgan fingerprint density at radius 2 is 2.03 bits per heavy atom. The molecule has 2 aromatic carbocycles. The summed E-state index contributed by atoms with van der Waals surface area (Å²) in [4.78, 5) is 22.6. The standard InChI is InChI=1S/C23H22O5S/c1-16-4-2-3-5-20(16)21(8-9-23(25)26)28-22-12-19(7-6-18(22)13-24)27-14-17-10-11-29-15-17/h2-7,10-13,15,21H,8-9,14H2,1H3,(H,25,26)/t21-/m0/s1. The third-order valence-electron chi connectivity index (χ3n) is 4.52. The van der Waals surface area contributed by atoms with Gasteiger partial charge in [0, 0.05) is 12.5 Å². The summed E-state index contributed by atoms with van der Waals surface area (Å²) in [5.74, 6) is 0.0654. The van der Waals surface area contributed by atoms with Crippen LogP contribution in [0, 0.1) is 6.92 Å². The first kappa shape index (κ1) is 20.6. The predicted molar refractivity (Wildman–Crippen MR) is 112 cm³/mol. The molecule has 0 aliphatic carbocycles. The first-order chi connectivity index (χ1) is 14.1. The molecule has 0 aliphatic heterocycles. The van der Waals surface area contributed by atoms with Crippen molar-refractivity contribution in [3.8, 4) is 11.5 Å². The van der Waals surface area contributed by atoms with Crippen molar-refractivity contribution in [2.24, 2.45) is 0 Å². The van der Waals surface area contributed by atoms with Gasteiger partial charge in [-0.05, 0) is 59.0 Å². The molecule has 6 heteroatoms. The Balaban J connectivity index is 1.84. The van der Waals surface area contributed by atoms with Crippen molar-refractivity contribution >= 4 is 23.6 Å². The average Bonchev–Trinajstić information content (AvgIpc) is 3.24. The van der Waals surface area contributed by atoms with E-state index in [1.807, 2.05) is 48.0 Å². The molecule has 1 atom stereocenters. The lowest BCUT2D eigenvalue weighted by Crippen LogP contribution is -2.12. The normalized spacial score (nSPS) is 11.6. The topological polar surface area (TPSA) is 72.8 Å². The van der Waals surface area contributed by atoms with Crippen LogP contribution in [0.1, 0.15) is 46.0 Å². The predicted octanol–water partition coefficient (Wildman–Crippen LogP) is 5.43. The van der Waals surface area contributed by atoms with Crippen LogP contribution in [0.2, 0.25) is 0 Å². The van der Waals surface area contributed by atoms with Crippen LogP contribution in [0.25, 0.3) is 0 Å². The molecule has 0 amide bonds. The molecule has 3 aromatic rings. The van der Waals surface area contributed by atoms with E-state index in [9.17, 15) is 9.59 Å². The van der Waals surface area contributed by atoms with E-state index in [1.165, 1.54) is 0 Å². The number of rotatable bonds is 10. The SMILES string of the molecule is Cc1ccccc1[C@H](CCC(=O)O)Oc1cc(OCc2ccsc2)ccc1C=O. The lowest BCUT2D eigenvalue weighted by molar-refractivity contribution is -0.137. The number of aliphatic carboxylic acids is 1. The molecule has 0 saturated carbocycles. The van der Waals surface area contributed by atoms with Crippen molar-refractivity contribution in [3.63, 3.8) is 0 Å². The number of thiophene rings is 1. The summed E-state index contributed by atoms with van der Waals surface area (Å²) in [6.45, 7) is 2.37. The van der Waals surface area contributed by atoms with Crippen molar-refractivity contribution in [3.05, 3.63) is 81.5 Å². The van der Waals surface area contributed by atoms with E-state index in [1.54, 1.807) is 29.5 Å². The van der Waals surface area contributed by atoms with Crippen LogP contribution in [0.3, 0.4) is 0 Å². The van der Waals surface area contributed by atoms with E-state index < -0.39 is 12.1 Å². The first-order valence-corrected chi connectivity index (χ1v) is 10.2. The maximum Gasteiger partial charge on any atom is 0.303 e. The minimum Gasteiger partial charge on any atom is -0.489 e. The summed E-state index contributed by atoms with van der Waals surface area (Å²) in [6.07, 6.45) is 0.491. The quantitative estimate of drug-likeness (QED) is 0.451. The fraction of sp³-hybridized carbons (Fsp3) is 0.217. The van der Waals surface area contributed by atoms with Crippen LogP contribution in [-0.2, 0) is 11.4 Å². The molecule has 0 saturated heterocycles. The molecule has 0 aliphatic rings. The van der Waals surface area contributed by atoms with Crippen LogP contribution in [0.4, 0.5) is 0 Å². The molecule has 0 fully saturated rings. The van der Waals surface area contributed by atoms with E-state index in [-0.39, 0.29) is 6.42 Å². The van der Waals surface area contributed by atoms with E-state index in [2.05, 4.69) is 0 Å². The van der Waals surface area contributed by atoms with Gasteiger partial charge in [-0.15, -0.1) is 0 Å². The van der Waals surface area contributed by atoms with Gasteiger partial charge in [0.15, 0.2) is 6.29 Å². The molecule has 0 unspecified atom stereocenters. The molecule has 1 aromatic heterocycles. The third-order valence-corrected chi connectivity index (χ3v) is 5.25. The van der Waals surface area contributed by atoms with Gasteiger partial charge in [0.25, 0.3) is 0 Å². The molecule has 150 valence electrons. The molecule has 0 radical (unpaired) electrons. The Hall–Kier alpha value is -3.12. The second-order valence-electron chi connectivity index (χ2n) is 6.63. The zero-order chi connectivity index (χ0) is 20.6. The minimum absolute atomic E-state index is 0.0379. The smallest absolute Gasteiger partial charge is 0.303 e. The summed E-state index contributed by atoms with van der Waals surface area (Å²) in [7, 11) is 0. The highest BCUT2D eigenvalue weighted by Crippen LogP contribution is 2.32. The van der Waals surface area contributed by atoms with Gasteiger partial charge in [0.1, 0.15) is 24.2 Å². The van der Waals surface area contributed by atoms with Gasteiger partial charge in [-0.25, -0.2) is 0 Å². The number of aldehydes is 1. The van der Waals surface area contributed by atoms with Crippen LogP contribution in [0.15, 0.2) is 59.3 Å². The maximum atomic E-state index is 11.5. The number of carboxylic acids is 1. The average molecular weight is 410 g/mol. The number of hydrogen-bond acceptors (Lipinski definition) is 5. The van der Waals surface area contributed by atoms with Crippen LogP contribution < -0.4 is 9.47 Å². The Morgan fingerprint density at radius 1 is 1.21 bits per heavy atom. The number of carbonyl (C=O) groups is 2. The van der Waals surface area contributed by atoms with Gasteiger partial charge in [0.05, 0.1) is 5.56 Å². The number of hydrogen-bond donors (Lipinski definition) is 1. The molecule has 5 nitrogen and oxygen atoms in total. The van der Waals surface area contributed by atoms with Crippen LogP contribution >= 0.6 is 11.3 Å². The second-order valence-corrected chi connectivity index (χ2v) is 7.41. The highest BCUT2D eigenvalue weighted by molar-refractivity contribution is 7.07. The zero-order valence-corrected chi connectivity index (χ0v) is 16.9. The van der Waals surface area contributed by atoms with E-state index in [0.29, 0.717) is 30.1 Å². The number of ether oxygens (including phenoxy) is 2. The highest BCUT2D eigenvalue weighted by Gasteiger charge is 2.19. The number of carbonyl (C=O) groups excluding carboxylic acids is 1. The molecule has 0 spiro atoms. The van der Waals surface area contributed by atoms with Gasteiger partial charge in [0.2, 0.25) is 0 Å². The van der Waals surface area contributed by atoms with E-state index >= 15 is 0 Å². The zero-order valence-electron chi connectivity index (χ0n) is 16.0. The maximum absolute atomic E-state index is 11.5. The van der Waals surface area contributed by atoms with Gasteiger partial charge in [-0.2, -0.15) is 11.3 Å². The highest BCUT2D eigenvalue weighted by atomic mass is 32.1. The lowest BCUT2D eigenvalue weighted by Gasteiger charge is -2.22. The summed E-state index contributed by atoms with van der Waals surface area (Å²) in [5.41, 5.74) is 3.36. The third kappa shape index (κ3) is 5.68. The Morgan fingerprint density at radius 3 is 2.72 bits per heavy atom. The fourth-order valence-corrected chi connectivity index (χ4v) is 3.63. The van der Waals surface area contributed by atoms with Crippen molar-refractivity contribution in [1.29, 1.82) is 0 Å². The van der Waals surface area contributed by atoms with Crippen molar-refractivity contribution in [2.45, 2.75) is 32.5 Å². The van der Waals surface area contributed by atoms with Gasteiger partial charge < -0.3 is 14.6 Å². The van der Waals surface area contributed by atoms with E-state index in [0.717, 1.165) is 23.0 Å². The van der Waals surface area contributed by atoms with Crippen molar-refractivity contribution in [2.75, 3.05) is 0 Å². The molecular formula is C23H22O5S. The Kier molecular flexibility index (Phi) is 7.03. The summed E-state index contributed by atoms with van der Waals surface area (Å²) in [5, 5.41) is 13.1. The largest absolute Gasteiger partial charge is 0.489 e. The fourth-order valence-electron chi connectivity index (χ4n) is 2.98. The summed E-state index contributed by atoms with van der Waals surface area (Å²) in [6, 6.07) is 14.7. The number of aryl methyl sites for hydroxylation is 1. The summed E-state index contributed by atoms with van der Waals surface area (Å²) >= 11 is 1.60. The summed E-state index contributed by atoms with van der Waals surface area (Å²) < 4.78 is 12.0. The Labute approximate surface area is 173 Å². The molecular weight excluding hydrogens is 388 g/mol. The van der Waals surface area contributed by atoms with Crippen molar-refractivity contribution < 1.29 is 24.2 Å². The van der Waals surface area contributed by atoms with Crippen molar-refractivity contribution in [1.82, 2.24) is 0 Å². The molecule has 1 N–H and O–H groups in total. The second kappa shape index (κ2) is 9.89. The molecule has 29 heavy (non-hydrogen) atoms. The molecule has 3 rings (SSSR count). The monoisotopic (exact) mass is 410 g/mol. The first-order valence-electron chi connectivity index (χ1n) is 9.24. The van der Waals surface area contributed by atoms with E-state index in [4.69, 9.17) is 14.6 Å². The van der Waals surface area contributed by atoms with Gasteiger partial charge >= 0.3 is 5.97 Å². The minimum atomic E-state index is -0.893. The molecule has 0 bridgehead atoms. The number of carboxylic acid groups (broad SMARTS) is 1. The van der Waals surface area contributed by atoms with Gasteiger partial charge in [-0.1, -0.05) is 24.3 Å². The Bertz CT molecular complexity index is 965. The van der Waals surface area contributed by atoms with Crippen LogP contribution in [-0.4, -0.2) is 17.4 Å².